The summed E-state index contributed by atoms with van der Waals surface area (Å²) in [7, 11) is 0. The molecule has 1 aliphatic carbocycles. The molecule has 2 aliphatic rings. The van der Waals surface area contributed by atoms with Crippen LogP contribution in [0.3, 0.4) is 0 Å². The summed E-state index contributed by atoms with van der Waals surface area (Å²) in [5.41, 5.74) is -1.70. The summed E-state index contributed by atoms with van der Waals surface area (Å²) in [6.45, 7) is 0. The largest absolute Gasteiger partial charge is 0.460 e. The molecule has 0 radical (unpaired) electrons. The molecule has 0 spiro atoms. The van der Waals surface area contributed by atoms with Gasteiger partial charge in [-0.3, -0.25) is 0 Å². The Balaban J connectivity index is 1.55. The van der Waals surface area contributed by atoms with Crippen LogP contribution in [0.2, 0.25) is 0 Å². The van der Waals surface area contributed by atoms with Crippen molar-refractivity contribution in [1.82, 2.24) is 0 Å². The average Bonchev–Trinajstić information content (AvgIpc) is 2.98. The van der Waals surface area contributed by atoms with Crippen molar-refractivity contribution in [2.75, 3.05) is 0 Å². The summed E-state index contributed by atoms with van der Waals surface area (Å²) >= 11 is 2.73. The van der Waals surface area contributed by atoms with Crippen molar-refractivity contribution in [2.45, 2.75) is 49.6 Å². The predicted molar refractivity (Wildman–Crippen MR) is 88.6 cm³/mol. The first-order chi connectivity index (χ1) is 11.2. The fourth-order valence-corrected chi connectivity index (χ4v) is 4.89. The SMILES string of the molecule is O=C(OC1CCC2OC2CC1)C(O)(c1cccs1)c1cccs1. The van der Waals surface area contributed by atoms with Gasteiger partial charge in [0.2, 0.25) is 5.60 Å². The minimum atomic E-state index is -1.70. The minimum Gasteiger partial charge on any atom is -0.460 e. The van der Waals surface area contributed by atoms with Crippen molar-refractivity contribution in [3.63, 3.8) is 0 Å². The second kappa shape index (κ2) is 6.02. The summed E-state index contributed by atoms with van der Waals surface area (Å²) < 4.78 is 11.2. The van der Waals surface area contributed by atoms with Gasteiger partial charge in [-0.1, -0.05) is 12.1 Å². The van der Waals surface area contributed by atoms with Gasteiger partial charge in [0, 0.05) is 0 Å². The van der Waals surface area contributed by atoms with Crippen LogP contribution in [-0.2, 0) is 19.9 Å². The molecular formula is C17H18O4S2. The van der Waals surface area contributed by atoms with E-state index in [2.05, 4.69) is 0 Å². The molecule has 2 unspecified atom stereocenters. The average molecular weight is 350 g/mol. The van der Waals surface area contributed by atoms with Crippen molar-refractivity contribution in [3.8, 4) is 0 Å². The van der Waals surface area contributed by atoms with E-state index in [-0.39, 0.29) is 6.10 Å². The molecule has 4 rings (SSSR count). The predicted octanol–water partition coefficient (Wildman–Crippen LogP) is 3.30. The number of carbonyl (C=O) groups excluding carboxylic acids is 1. The van der Waals surface area contributed by atoms with Gasteiger partial charge in [0.15, 0.2) is 0 Å². The third kappa shape index (κ3) is 2.85. The van der Waals surface area contributed by atoms with E-state index in [9.17, 15) is 9.90 Å². The molecule has 1 saturated heterocycles. The first-order valence-corrected chi connectivity index (χ1v) is 9.60. The van der Waals surface area contributed by atoms with Crippen LogP contribution in [0, 0.1) is 0 Å². The first kappa shape index (κ1) is 15.3. The van der Waals surface area contributed by atoms with E-state index in [1.165, 1.54) is 22.7 Å². The number of thiophene rings is 2. The fraction of sp³-hybridized carbons (Fsp3) is 0.471. The number of esters is 1. The van der Waals surface area contributed by atoms with E-state index in [4.69, 9.17) is 9.47 Å². The van der Waals surface area contributed by atoms with Crippen LogP contribution in [0.25, 0.3) is 0 Å². The highest BCUT2D eigenvalue weighted by atomic mass is 32.1. The van der Waals surface area contributed by atoms with Gasteiger partial charge in [-0.25, -0.2) is 4.79 Å². The molecule has 6 heteroatoms. The van der Waals surface area contributed by atoms with Crippen molar-refractivity contribution in [1.29, 1.82) is 0 Å². The summed E-state index contributed by atoms with van der Waals surface area (Å²) in [5, 5.41) is 14.9. The zero-order valence-corrected chi connectivity index (χ0v) is 14.1. The van der Waals surface area contributed by atoms with Crippen LogP contribution in [0.4, 0.5) is 0 Å². The summed E-state index contributed by atoms with van der Waals surface area (Å²) in [5.74, 6) is -0.566. The van der Waals surface area contributed by atoms with Gasteiger partial charge >= 0.3 is 5.97 Å². The maximum Gasteiger partial charge on any atom is 0.349 e. The molecule has 4 nitrogen and oxygen atoms in total. The quantitative estimate of drug-likeness (QED) is 0.679. The molecule has 122 valence electrons. The lowest BCUT2D eigenvalue weighted by atomic mass is 9.99. The number of fused-ring (bicyclic) bond motifs is 1. The Hall–Kier alpha value is -1.21. The van der Waals surface area contributed by atoms with Crippen molar-refractivity contribution in [3.05, 3.63) is 44.8 Å². The molecule has 1 aliphatic heterocycles. The van der Waals surface area contributed by atoms with Gasteiger partial charge in [0.1, 0.15) is 6.10 Å². The number of carbonyl (C=O) groups is 1. The number of epoxide rings is 1. The maximum absolute atomic E-state index is 12.8. The molecule has 23 heavy (non-hydrogen) atoms. The number of hydrogen-bond donors (Lipinski definition) is 1. The Labute approximate surface area is 142 Å². The highest BCUT2D eigenvalue weighted by molar-refractivity contribution is 7.12. The van der Waals surface area contributed by atoms with E-state index < -0.39 is 11.6 Å². The number of hydrogen-bond acceptors (Lipinski definition) is 6. The highest BCUT2D eigenvalue weighted by Crippen LogP contribution is 2.39. The van der Waals surface area contributed by atoms with E-state index in [0.29, 0.717) is 22.0 Å². The van der Waals surface area contributed by atoms with E-state index in [0.717, 1.165) is 25.7 Å². The molecule has 2 fully saturated rings. The molecular weight excluding hydrogens is 332 g/mol. The minimum absolute atomic E-state index is 0.134. The Morgan fingerprint density at radius 3 is 2.13 bits per heavy atom. The molecule has 2 aromatic heterocycles. The zero-order chi connectivity index (χ0) is 15.9. The molecule has 0 amide bonds. The maximum atomic E-state index is 12.8. The zero-order valence-electron chi connectivity index (χ0n) is 12.5. The fourth-order valence-electron chi connectivity index (χ4n) is 3.18. The Morgan fingerprint density at radius 2 is 1.65 bits per heavy atom. The Morgan fingerprint density at radius 1 is 1.09 bits per heavy atom. The van der Waals surface area contributed by atoms with E-state index >= 15 is 0 Å². The van der Waals surface area contributed by atoms with Gasteiger partial charge in [0.25, 0.3) is 0 Å². The molecule has 1 N–H and O–H groups in total. The number of aliphatic hydroxyl groups is 1. The molecule has 3 heterocycles. The van der Waals surface area contributed by atoms with E-state index in [1.807, 2.05) is 22.9 Å². The second-order valence-corrected chi connectivity index (χ2v) is 7.96. The Kier molecular flexibility index (Phi) is 4.01. The monoisotopic (exact) mass is 350 g/mol. The van der Waals surface area contributed by atoms with E-state index in [1.54, 1.807) is 12.1 Å². The third-order valence-corrected chi connectivity index (χ3v) is 6.52. The van der Waals surface area contributed by atoms with Crippen LogP contribution in [0.15, 0.2) is 35.0 Å². The third-order valence-electron chi connectivity index (χ3n) is 4.56. The van der Waals surface area contributed by atoms with Crippen molar-refractivity contribution in [2.24, 2.45) is 0 Å². The summed E-state index contributed by atoms with van der Waals surface area (Å²) in [6, 6.07) is 7.23. The van der Waals surface area contributed by atoms with Gasteiger partial charge < -0.3 is 14.6 Å². The second-order valence-electron chi connectivity index (χ2n) is 6.06. The number of ether oxygens (including phenoxy) is 2. The summed E-state index contributed by atoms with van der Waals surface area (Å²) in [6.07, 6.45) is 4.04. The van der Waals surface area contributed by atoms with Crippen LogP contribution in [0.1, 0.15) is 35.4 Å². The van der Waals surface area contributed by atoms with Gasteiger partial charge in [-0.05, 0) is 48.6 Å². The highest BCUT2D eigenvalue weighted by Gasteiger charge is 2.46. The van der Waals surface area contributed by atoms with Crippen molar-refractivity contribution < 1.29 is 19.4 Å². The van der Waals surface area contributed by atoms with Crippen molar-refractivity contribution >= 4 is 28.6 Å². The molecule has 2 atom stereocenters. The summed E-state index contributed by atoms with van der Waals surface area (Å²) in [4.78, 5) is 14.0. The van der Waals surface area contributed by atoms with Crippen LogP contribution >= 0.6 is 22.7 Å². The van der Waals surface area contributed by atoms with Crippen LogP contribution in [-0.4, -0.2) is 29.4 Å². The standard InChI is InChI=1S/C17H18O4S2/c18-16(20-11-5-7-12-13(21-12)8-6-11)17(19,14-3-1-9-22-14)15-4-2-10-23-15/h1-4,9-13,19H,5-8H2. The molecule has 1 saturated carbocycles. The number of rotatable bonds is 4. The van der Waals surface area contributed by atoms with Gasteiger partial charge in [-0.15, -0.1) is 22.7 Å². The first-order valence-electron chi connectivity index (χ1n) is 7.85. The molecule has 0 bridgehead atoms. The lowest BCUT2D eigenvalue weighted by molar-refractivity contribution is -0.168. The van der Waals surface area contributed by atoms with Crippen LogP contribution < -0.4 is 0 Å². The smallest absolute Gasteiger partial charge is 0.349 e. The topological polar surface area (TPSA) is 59.1 Å². The van der Waals surface area contributed by atoms with Gasteiger partial charge in [0.05, 0.1) is 22.0 Å². The lowest BCUT2D eigenvalue weighted by Crippen LogP contribution is -2.39. The molecule has 0 aromatic carbocycles. The molecule has 2 aromatic rings. The lowest BCUT2D eigenvalue weighted by Gasteiger charge is -2.27. The van der Waals surface area contributed by atoms with Gasteiger partial charge in [-0.2, -0.15) is 0 Å². The Bertz CT molecular complexity index is 619. The van der Waals surface area contributed by atoms with Crippen LogP contribution in [0.5, 0.6) is 0 Å². The normalized spacial score (nSPS) is 27.1.